The monoisotopic (exact) mass is 342 g/mol. The molecule has 0 spiro atoms. The number of nitrogens with one attached hydrogen (secondary N) is 1. The molecular formula is C16H24F2N4O2. The number of hydrogen-bond donors (Lipinski definition) is 1. The highest BCUT2D eigenvalue weighted by Crippen LogP contribution is 2.32. The zero-order chi connectivity index (χ0) is 17.9. The number of benzene rings is 1. The Labute approximate surface area is 140 Å². The molecule has 24 heavy (non-hydrogen) atoms. The molecule has 0 amide bonds. The molecule has 0 fully saturated rings. The molecule has 0 atom stereocenters. The van der Waals surface area contributed by atoms with Crippen molar-refractivity contribution in [1.82, 2.24) is 14.8 Å². The summed E-state index contributed by atoms with van der Waals surface area (Å²) >= 11 is 0. The van der Waals surface area contributed by atoms with Crippen molar-refractivity contribution in [2.45, 2.75) is 34.2 Å². The van der Waals surface area contributed by atoms with E-state index in [0.29, 0.717) is 30.3 Å². The van der Waals surface area contributed by atoms with Crippen LogP contribution in [0, 0.1) is 5.82 Å². The zero-order valence-corrected chi connectivity index (χ0v) is 14.5. The summed E-state index contributed by atoms with van der Waals surface area (Å²) in [5, 5.41) is 7.47. The highest BCUT2D eigenvalue weighted by Gasteiger charge is 2.21. The lowest BCUT2D eigenvalue weighted by Gasteiger charge is -2.04. The Morgan fingerprint density at radius 3 is 2.54 bits per heavy atom. The Morgan fingerprint density at radius 2 is 1.96 bits per heavy atom. The molecular weight excluding hydrogens is 318 g/mol. The molecule has 134 valence electrons. The topological polar surface area (TPSA) is 61.2 Å². The molecule has 0 bridgehead atoms. The van der Waals surface area contributed by atoms with Gasteiger partial charge in [-0.05, 0) is 32.0 Å². The Balaban J connectivity index is 0.000000356. The van der Waals surface area contributed by atoms with Gasteiger partial charge < -0.3 is 9.47 Å². The van der Waals surface area contributed by atoms with Gasteiger partial charge in [-0.3, -0.25) is 4.57 Å². The maximum atomic E-state index is 13.2. The molecule has 2 heterocycles. The minimum atomic E-state index is -0.404. The van der Waals surface area contributed by atoms with Crippen molar-refractivity contribution < 1.29 is 18.3 Å². The molecule has 1 aliphatic heterocycles. The number of hydrogen-bond acceptors (Lipinski definition) is 5. The van der Waals surface area contributed by atoms with E-state index >= 15 is 0 Å². The predicted molar refractivity (Wildman–Crippen MR) is 89.2 cm³/mol. The molecule has 6 nitrogen and oxygen atoms in total. The number of rotatable bonds is 3. The number of fused-ring (bicyclic) bond motifs is 3. The molecule has 1 aromatic carbocycles. The lowest BCUT2D eigenvalue weighted by molar-refractivity contribution is 0.162. The molecule has 2 aromatic rings. The van der Waals surface area contributed by atoms with Crippen molar-refractivity contribution in [3.05, 3.63) is 24.0 Å². The zero-order valence-electron chi connectivity index (χ0n) is 14.5. The van der Waals surface area contributed by atoms with Crippen LogP contribution >= 0.6 is 0 Å². The number of anilines is 1. The molecule has 0 saturated heterocycles. The van der Waals surface area contributed by atoms with Crippen molar-refractivity contribution in [3.63, 3.8) is 0 Å². The third kappa shape index (κ3) is 4.89. The summed E-state index contributed by atoms with van der Waals surface area (Å²) in [6.45, 7) is 10.4. The summed E-state index contributed by atoms with van der Waals surface area (Å²) in [5.41, 5.74) is 1.92. The summed E-state index contributed by atoms with van der Waals surface area (Å²) in [6, 6.07) is 4.12. The van der Waals surface area contributed by atoms with E-state index < -0.39 is 5.82 Å². The van der Waals surface area contributed by atoms with E-state index in [1.165, 1.54) is 28.3 Å². The van der Waals surface area contributed by atoms with Crippen LogP contribution in [0.5, 0.6) is 5.75 Å². The Morgan fingerprint density at radius 1 is 1.25 bits per heavy atom. The smallest absolute Gasteiger partial charge is 0.253 e. The van der Waals surface area contributed by atoms with Crippen LogP contribution in [0.1, 0.15) is 27.7 Å². The second kappa shape index (κ2) is 10.5. The highest BCUT2D eigenvalue weighted by atomic mass is 19.2. The molecule has 0 unspecified atom stereocenters. The number of ether oxygens (including phenoxy) is 2. The van der Waals surface area contributed by atoms with E-state index in [2.05, 4.69) is 10.2 Å². The van der Waals surface area contributed by atoms with Crippen LogP contribution in [0.25, 0.3) is 11.4 Å². The molecule has 1 aromatic heterocycles. The van der Waals surface area contributed by atoms with Crippen LogP contribution in [0.15, 0.2) is 18.2 Å². The van der Waals surface area contributed by atoms with Gasteiger partial charge >= 0.3 is 0 Å². The van der Waals surface area contributed by atoms with Gasteiger partial charge in [0.05, 0.1) is 12.1 Å². The third-order valence-corrected chi connectivity index (χ3v) is 3.00. The summed E-state index contributed by atoms with van der Waals surface area (Å²) in [5.74, 6) is 0.486. The van der Waals surface area contributed by atoms with Gasteiger partial charge in [-0.15, -0.1) is 14.7 Å². The number of nitrogens with zero attached hydrogens (tertiary/aromatic N) is 3. The van der Waals surface area contributed by atoms with Gasteiger partial charge in [0, 0.05) is 13.2 Å². The first-order valence-corrected chi connectivity index (χ1v) is 8.01. The molecule has 0 saturated carbocycles. The van der Waals surface area contributed by atoms with Crippen molar-refractivity contribution in [2.75, 3.05) is 25.4 Å². The van der Waals surface area contributed by atoms with Crippen LogP contribution in [0.4, 0.5) is 14.8 Å². The van der Waals surface area contributed by atoms with Crippen molar-refractivity contribution in [2.24, 2.45) is 0 Å². The van der Waals surface area contributed by atoms with E-state index in [-0.39, 0.29) is 5.95 Å². The SMILES string of the molecule is CC.CCOCC.FNc1nnc2n1CCOc1ccc(F)cc1-2. The molecule has 8 heteroatoms. The van der Waals surface area contributed by atoms with Gasteiger partial charge in [-0.2, -0.15) is 5.54 Å². The first-order chi connectivity index (χ1) is 11.7. The summed E-state index contributed by atoms with van der Waals surface area (Å²) in [7, 11) is 0. The Kier molecular flexibility index (Phi) is 8.70. The first kappa shape index (κ1) is 19.8. The summed E-state index contributed by atoms with van der Waals surface area (Å²) in [6.07, 6.45) is 0. The minimum absolute atomic E-state index is 0.0132. The second-order valence-electron chi connectivity index (χ2n) is 4.36. The fourth-order valence-corrected chi connectivity index (χ4v) is 2.04. The average Bonchev–Trinajstić information content (AvgIpc) is 2.93. The van der Waals surface area contributed by atoms with Gasteiger partial charge in [0.1, 0.15) is 18.2 Å². The van der Waals surface area contributed by atoms with Gasteiger partial charge in [-0.1, -0.05) is 13.8 Å². The Bertz CT molecular complexity index is 618. The van der Waals surface area contributed by atoms with Crippen LogP contribution in [0.3, 0.4) is 0 Å². The second-order valence-corrected chi connectivity index (χ2v) is 4.36. The van der Waals surface area contributed by atoms with Gasteiger partial charge in [0.15, 0.2) is 5.82 Å². The summed E-state index contributed by atoms with van der Waals surface area (Å²) in [4.78, 5) is 0. The molecule has 1 aliphatic rings. The van der Waals surface area contributed by atoms with E-state index in [9.17, 15) is 8.87 Å². The first-order valence-electron chi connectivity index (χ1n) is 8.01. The van der Waals surface area contributed by atoms with Crippen LogP contribution in [0.2, 0.25) is 0 Å². The van der Waals surface area contributed by atoms with Crippen molar-refractivity contribution >= 4 is 5.95 Å². The summed E-state index contributed by atoms with van der Waals surface area (Å²) < 4.78 is 37.4. The van der Waals surface area contributed by atoms with E-state index in [1.54, 1.807) is 0 Å². The minimum Gasteiger partial charge on any atom is -0.491 e. The van der Waals surface area contributed by atoms with Gasteiger partial charge in [-0.25, -0.2) is 4.39 Å². The Hall–Kier alpha value is -2.22. The molecule has 3 rings (SSSR count). The average molecular weight is 342 g/mol. The highest BCUT2D eigenvalue weighted by molar-refractivity contribution is 5.66. The van der Waals surface area contributed by atoms with E-state index in [1.807, 2.05) is 27.7 Å². The lowest BCUT2D eigenvalue weighted by atomic mass is 10.2. The normalized spacial score (nSPS) is 11.4. The number of aromatic nitrogens is 3. The van der Waals surface area contributed by atoms with Gasteiger partial charge in [0.25, 0.3) is 5.95 Å². The standard InChI is InChI=1S/C10H8F2N4O.C4H10O.C2H6/c11-6-1-2-8-7(5-6)9-14-15-10(13-12)16(9)3-4-17-8;1-3-5-4-2;1-2/h1-2,5H,3-4H2,(H,13,15);3-4H2,1-2H3;1-2H3. The van der Waals surface area contributed by atoms with Gasteiger partial charge in [0.2, 0.25) is 0 Å². The van der Waals surface area contributed by atoms with Crippen LogP contribution < -0.4 is 10.3 Å². The van der Waals surface area contributed by atoms with Crippen molar-refractivity contribution in [3.8, 4) is 17.1 Å². The van der Waals surface area contributed by atoms with Crippen LogP contribution in [-0.4, -0.2) is 34.6 Å². The quantitative estimate of drug-likeness (QED) is 0.859. The van der Waals surface area contributed by atoms with Crippen LogP contribution in [-0.2, 0) is 11.3 Å². The fraction of sp³-hybridized carbons (Fsp3) is 0.500. The molecule has 0 aliphatic carbocycles. The maximum absolute atomic E-state index is 13.2. The molecule has 1 N–H and O–H groups in total. The maximum Gasteiger partial charge on any atom is 0.253 e. The fourth-order valence-electron chi connectivity index (χ4n) is 2.04. The lowest BCUT2D eigenvalue weighted by Crippen LogP contribution is -2.07. The molecule has 0 radical (unpaired) electrons. The number of halogens is 2. The predicted octanol–water partition coefficient (Wildman–Crippen LogP) is 3.84. The largest absolute Gasteiger partial charge is 0.491 e. The van der Waals surface area contributed by atoms with Crippen molar-refractivity contribution in [1.29, 1.82) is 0 Å². The van der Waals surface area contributed by atoms with E-state index in [0.717, 1.165) is 13.2 Å². The van der Waals surface area contributed by atoms with E-state index in [4.69, 9.17) is 9.47 Å². The third-order valence-electron chi connectivity index (χ3n) is 3.00.